The van der Waals surface area contributed by atoms with Gasteiger partial charge < -0.3 is 0 Å². The van der Waals surface area contributed by atoms with Gasteiger partial charge in [0, 0.05) is 25.0 Å². The second-order valence-electron chi connectivity index (χ2n) is 22.1. The smallest absolute Gasteiger partial charge is 0.0911 e. The minimum atomic E-state index is -0.141. The summed E-state index contributed by atoms with van der Waals surface area (Å²) < 4.78 is 0. The molecule has 0 spiro atoms. The van der Waals surface area contributed by atoms with Crippen LogP contribution < -0.4 is 16.4 Å². The summed E-state index contributed by atoms with van der Waals surface area (Å²) in [4.78, 5) is 5.38. The Bertz CT molecular complexity index is 3590. The Hall–Kier alpha value is -6.52. The molecule has 12 rings (SSSR count). The third kappa shape index (κ3) is 7.65. The predicted molar refractivity (Wildman–Crippen MR) is 305 cm³/mol. The van der Waals surface area contributed by atoms with Crippen molar-refractivity contribution in [3.05, 3.63) is 222 Å². The van der Waals surface area contributed by atoms with Gasteiger partial charge in [-0.1, -0.05) is 248 Å². The van der Waals surface area contributed by atoms with Gasteiger partial charge in [0.15, 0.2) is 0 Å². The largest absolute Gasteiger partial charge is 0.247 e. The van der Waals surface area contributed by atoms with E-state index in [0.29, 0.717) is 0 Å². The molecule has 2 heterocycles. The number of hydrogen-bond acceptors (Lipinski definition) is 2. The summed E-state index contributed by atoms with van der Waals surface area (Å²) in [5, 5.41) is 5.06. The van der Waals surface area contributed by atoms with Gasteiger partial charge in [-0.05, 0) is 147 Å². The van der Waals surface area contributed by atoms with E-state index in [1.165, 1.54) is 124 Å². The van der Waals surface area contributed by atoms with Crippen molar-refractivity contribution in [1.29, 1.82) is 0 Å². The second kappa shape index (κ2) is 16.8. The van der Waals surface area contributed by atoms with E-state index in [0.717, 1.165) is 0 Å². The van der Waals surface area contributed by atoms with Crippen molar-refractivity contribution in [3.8, 4) is 44.5 Å². The fraction of sp³-hybridized carbons (Fsp3) is 0.164. The van der Waals surface area contributed by atoms with Gasteiger partial charge in [0.05, 0.1) is 0 Å². The zero-order chi connectivity index (χ0) is 48.1. The van der Waals surface area contributed by atoms with Gasteiger partial charge in [-0.2, -0.15) is 0 Å². The first-order valence-corrected chi connectivity index (χ1v) is 26.5. The van der Waals surface area contributed by atoms with E-state index < -0.39 is 0 Å². The maximum Gasteiger partial charge on any atom is 0.247 e. The first-order chi connectivity index (χ1) is 33.7. The topological polar surface area (TPSA) is 0 Å². The SMILES string of the molecule is CC(C)(C)c1cc(-c2cc(-c3cc4c5c(c3)Sc3ccc(C(C)(C)c6ccccc6)cc3B5c3ccccc3S4)cc(-c3c4ccccc4c(-c4ccccc4)c4ccccc34)c2)cc(C(C)(C)C)c1. The van der Waals surface area contributed by atoms with Crippen LogP contribution in [0.1, 0.15) is 77.6 Å². The van der Waals surface area contributed by atoms with Gasteiger partial charge in [-0.15, -0.1) is 0 Å². The van der Waals surface area contributed by atoms with E-state index in [-0.39, 0.29) is 23.0 Å². The van der Waals surface area contributed by atoms with Gasteiger partial charge in [0.25, 0.3) is 0 Å². The number of hydrogen-bond donors (Lipinski definition) is 0. The zero-order valence-electron chi connectivity index (χ0n) is 41.4. The minimum absolute atomic E-state index is 0.0209. The van der Waals surface area contributed by atoms with Crippen LogP contribution >= 0.6 is 23.5 Å². The Morgan fingerprint density at radius 2 is 0.743 bits per heavy atom. The molecule has 0 fully saturated rings. The first kappa shape index (κ1) is 44.7. The minimum Gasteiger partial charge on any atom is -0.0911 e. The van der Waals surface area contributed by atoms with E-state index in [1.54, 1.807) is 0 Å². The second-order valence-corrected chi connectivity index (χ2v) is 24.3. The van der Waals surface area contributed by atoms with Crippen LogP contribution in [-0.4, -0.2) is 6.71 Å². The van der Waals surface area contributed by atoms with Crippen LogP contribution in [0.5, 0.6) is 0 Å². The van der Waals surface area contributed by atoms with Crippen molar-refractivity contribution >= 4 is 68.2 Å². The Kier molecular flexibility index (Phi) is 10.7. The normalized spacial score (nSPS) is 13.3. The summed E-state index contributed by atoms with van der Waals surface area (Å²) in [6.07, 6.45) is 0. The van der Waals surface area contributed by atoms with E-state index in [1.807, 2.05) is 23.5 Å². The molecule has 3 heteroatoms. The van der Waals surface area contributed by atoms with Gasteiger partial charge in [0.2, 0.25) is 6.71 Å². The monoisotopic (exact) mass is 936 g/mol. The molecule has 0 N–H and O–H groups in total. The lowest BCUT2D eigenvalue weighted by Crippen LogP contribution is -2.58. The van der Waals surface area contributed by atoms with Gasteiger partial charge in [0.1, 0.15) is 0 Å². The molecule has 0 amide bonds. The van der Waals surface area contributed by atoms with Crippen molar-refractivity contribution in [1.82, 2.24) is 0 Å². The molecule has 70 heavy (non-hydrogen) atoms. The Morgan fingerprint density at radius 1 is 0.300 bits per heavy atom. The summed E-state index contributed by atoms with van der Waals surface area (Å²) in [5.41, 5.74) is 19.5. The highest BCUT2D eigenvalue weighted by Gasteiger charge is 2.39. The van der Waals surface area contributed by atoms with Crippen LogP contribution in [0.3, 0.4) is 0 Å². The molecule has 0 bridgehead atoms. The lowest BCUT2D eigenvalue weighted by molar-refractivity contribution is 0.569. The summed E-state index contributed by atoms with van der Waals surface area (Å²) in [7, 11) is 0. The molecular weight excluding hydrogens is 880 g/mol. The van der Waals surface area contributed by atoms with E-state index in [9.17, 15) is 0 Å². The molecule has 0 unspecified atom stereocenters. The fourth-order valence-corrected chi connectivity index (χ4v) is 13.6. The quantitative estimate of drug-likeness (QED) is 0.120. The van der Waals surface area contributed by atoms with E-state index >= 15 is 0 Å². The highest BCUT2D eigenvalue weighted by molar-refractivity contribution is 8.01. The molecule has 0 saturated heterocycles. The third-order valence-corrected chi connectivity index (χ3v) is 17.4. The van der Waals surface area contributed by atoms with Crippen LogP contribution in [0, 0.1) is 0 Å². The molecular formula is C67H57BS2. The van der Waals surface area contributed by atoms with Crippen LogP contribution in [0.25, 0.3) is 66.1 Å². The Morgan fingerprint density at radius 3 is 1.30 bits per heavy atom. The van der Waals surface area contributed by atoms with Crippen molar-refractivity contribution < 1.29 is 0 Å². The average molecular weight is 937 g/mol. The molecule has 0 aliphatic carbocycles. The Balaban J connectivity index is 1.10. The number of fused-ring (bicyclic) bond motifs is 6. The standard InChI is InChI=1S/C67H57BS2/c1-65(2,3)50-36-45(37-51(40-50)66(4,5)6)43-33-44(35-47(34-43)63-54-27-17-15-25-52(54)62(42-21-11-9-12-22-42)53-26-16-18-28-55(53)63)46-38-60-64-61(39-46)70-59-32-31-49(67(7,8)48-23-13-10-14-24-48)41-57(59)68(64)56-29-19-20-30-58(56)69-60/h9-41H,1-8H3. The zero-order valence-corrected chi connectivity index (χ0v) is 43.1. The van der Waals surface area contributed by atoms with Crippen molar-refractivity contribution in [2.75, 3.05) is 0 Å². The average Bonchev–Trinajstić information content (AvgIpc) is 3.37. The molecule has 0 saturated carbocycles. The lowest BCUT2D eigenvalue weighted by Gasteiger charge is -2.35. The van der Waals surface area contributed by atoms with Crippen molar-refractivity contribution in [2.24, 2.45) is 0 Å². The fourth-order valence-electron chi connectivity index (χ4n) is 11.1. The molecule has 340 valence electrons. The molecule has 2 aliphatic rings. The molecule has 2 aliphatic heterocycles. The van der Waals surface area contributed by atoms with E-state index in [2.05, 4.69) is 256 Å². The van der Waals surface area contributed by atoms with E-state index in [4.69, 9.17) is 0 Å². The van der Waals surface area contributed by atoms with Crippen molar-refractivity contribution in [2.45, 2.75) is 91.2 Å². The van der Waals surface area contributed by atoms with Crippen LogP contribution in [0.4, 0.5) is 0 Å². The predicted octanol–water partition coefficient (Wildman–Crippen LogP) is 17.0. The first-order valence-electron chi connectivity index (χ1n) is 24.8. The Labute approximate surface area is 423 Å². The summed E-state index contributed by atoms with van der Waals surface area (Å²) in [6, 6.07) is 76.3. The van der Waals surface area contributed by atoms with Crippen molar-refractivity contribution in [3.63, 3.8) is 0 Å². The summed E-state index contributed by atoms with van der Waals surface area (Å²) >= 11 is 3.89. The maximum absolute atomic E-state index is 2.53. The molecule has 10 aromatic carbocycles. The third-order valence-electron chi connectivity index (χ3n) is 15.1. The highest BCUT2D eigenvalue weighted by Crippen LogP contribution is 2.48. The lowest BCUT2D eigenvalue weighted by atomic mass is 9.36. The number of rotatable bonds is 6. The van der Waals surface area contributed by atoms with Gasteiger partial charge in [-0.25, -0.2) is 0 Å². The van der Waals surface area contributed by atoms with Crippen LogP contribution in [0.15, 0.2) is 220 Å². The molecule has 10 aromatic rings. The number of benzene rings is 10. The van der Waals surface area contributed by atoms with Crippen LogP contribution in [0.2, 0.25) is 0 Å². The molecule has 0 nitrogen and oxygen atoms in total. The highest BCUT2D eigenvalue weighted by atomic mass is 32.2. The summed E-state index contributed by atoms with van der Waals surface area (Å²) in [5.74, 6) is 0. The van der Waals surface area contributed by atoms with Gasteiger partial charge >= 0.3 is 0 Å². The maximum atomic E-state index is 2.53. The van der Waals surface area contributed by atoms with Crippen LogP contribution in [-0.2, 0) is 16.2 Å². The molecule has 0 radical (unpaired) electrons. The molecule has 0 atom stereocenters. The van der Waals surface area contributed by atoms with Gasteiger partial charge in [-0.3, -0.25) is 0 Å². The summed E-state index contributed by atoms with van der Waals surface area (Å²) in [6.45, 7) is 18.9. The molecule has 0 aromatic heterocycles.